The summed E-state index contributed by atoms with van der Waals surface area (Å²) in [5, 5.41) is 10.5. The number of carbonyl (C=O) groups is 1. The lowest BCUT2D eigenvalue weighted by Crippen LogP contribution is -2.41. The van der Waals surface area contributed by atoms with E-state index in [0.29, 0.717) is 15.9 Å². The van der Waals surface area contributed by atoms with Crippen molar-refractivity contribution >= 4 is 22.4 Å². The van der Waals surface area contributed by atoms with Gasteiger partial charge in [-0.25, -0.2) is 4.98 Å². The second-order valence-corrected chi connectivity index (χ2v) is 6.30. The summed E-state index contributed by atoms with van der Waals surface area (Å²) in [7, 11) is 0. The van der Waals surface area contributed by atoms with Gasteiger partial charge in [-0.1, -0.05) is 11.3 Å². The molecule has 2 aliphatic rings. The number of anilines is 1. The molecule has 0 aromatic carbocycles. The molecule has 0 bridgehead atoms. The van der Waals surface area contributed by atoms with Gasteiger partial charge in [-0.15, -0.1) is 0 Å². The summed E-state index contributed by atoms with van der Waals surface area (Å²) in [5.41, 5.74) is 5.12. The van der Waals surface area contributed by atoms with Crippen molar-refractivity contribution in [1.29, 1.82) is 0 Å². The van der Waals surface area contributed by atoms with Gasteiger partial charge in [0.15, 0.2) is 5.13 Å². The molecule has 3 rings (SSSR count). The summed E-state index contributed by atoms with van der Waals surface area (Å²) in [6, 6.07) is 0. The number of nitrogens with two attached hydrogens (primary N) is 1. The molecule has 1 aliphatic heterocycles. The Morgan fingerprint density at radius 2 is 2.17 bits per heavy atom. The van der Waals surface area contributed by atoms with E-state index in [0.717, 1.165) is 38.8 Å². The number of thiazole rings is 1. The largest absolute Gasteiger partial charge is 0.390 e. The molecule has 0 unspecified atom stereocenters. The van der Waals surface area contributed by atoms with E-state index in [9.17, 15) is 9.90 Å². The van der Waals surface area contributed by atoms with E-state index >= 15 is 0 Å². The summed E-state index contributed by atoms with van der Waals surface area (Å²) >= 11 is 1.23. The topological polar surface area (TPSA) is 79.5 Å². The number of hydrogen-bond acceptors (Lipinski definition) is 5. The molecule has 1 saturated carbocycles. The highest BCUT2D eigenvalue weighted by Crippen LogP contribution is 2.46. The second kappa shape index (κ2) is 4.20. The van der Waals surface area contributed by atoms with Crippen molar-refractivity contribution in [3.05, 3.63) is 11.1 Å². The number of aromatic nitrogens is 1. The van der Waals surface area contributed by atoms with Gasteiger partial charge in [0, 0.05) is 13.1 Å². The van der Waals surface area contributed by atoms with Gasteiger partial charge in [0.05, 0.1) is 11.8 Å². The summed E-state index contributed by atoms with van der Waals surface area (Å²) in [6.07, 6.45) is 5.20. The first kappa shape index (κ1) is 11.9. The number of hydrogen-bond donors (Lipinski definition) is 2. The van der Waals surface area contributed by atoms with Crippen molar-refractivity contribution in [2.45, 2.75) is 31.3 Å². The molecule has 6 heteroatoms. The van der Waals surface area contributed by atoms with Gasteiger partial charge >= 0.3 is 0 Å². The summed E-state index contributed by atoms with van der Waals surface area (Å²) in [5.74, 6) is 0.388. The zero-order chi connectivity index (χ0) is 12.8. The zero-order valence-electron chi connectivity index (χ0n) is 10.1. The average molecular weight is 267 g/mol. The first-order valence-electron chi connectivity index (χ1n) is 6.31. The monoisotopic (exact) mass is 267 g/mol. The van der Waals surface area contributed by atoms with Crippen LogP contribution in [-0.4, -0.2) is 39.6 Å². The standard InChI is InChI=1S/C12H17N3O2S/c13-11-14-7-9(18-11)10(16)15-5-1-8(2-6-15)12(17)3-4-12/h7-8,17H,1-6H2,(H2,13,14). The van der Waals surface area contributed by atoms with Crippen LogP contribution in [-0.2, 0) is 0 Å². The van der Waals surface area contributed by atoms with Gasteiger partial charge in [-0.05, 0) is 31.6 Å². The average Bonchev–Trinajstić information content (AvgIpc) is 2.98. The van der Waals surface area contributed by atoms with Gasteiger partial charge in [0.25, 0.3) is 5.91 Å². The van der Waals surface area contributed by atoms with Crippen LogP contribution in [0.5, 0.6) is 0 Å². The van der Waals surface area contributed by atoms with Crippen LogP contribution in [0.25, 0.3) is 0 Å². The van der Waals surface area contributed by atoms with Gasteiger partial charge in [0.1, 0.15) is 4.88 Å². The molecule has 98 valence electrons. The fourth-order valence-corrected chi connectivity index (χ4v) is 3.35. The van der Waals surface area contributed by atoms with E-state index in [1.54, 1.807) is 6.20 Å². The van der Waals surface area contributed by atoms with Crippen LogP contribution in [0.1, 0.15) is 35.4 Å². The molecule has 1 aromatic heterocycles. The first-order chi connectivity index (χ1) is 8.58. The van der Waals surface area contributed by atoms with Crippen LogP contribution in [0.2, 0.25) is 0 Å². The Morgan fingerprint density at radius 1 is 1.50 bits per heavy atom. The number of piperidine rings is 1. The van der Waals surface area contributed by atoms with E-state index in [1.165, 1.54) is 11.3 Å². The molecule has 1 saturated heterocycles. The molecule has 2 fully saturated rings. The Labute approximate surface area is 110 Å². The lowest BCUT2D eigenvalue weighted by Gasteiger charge is -2.34. The molecule has 0 atom stereocenters. The third-order valence-corrected chi connectivity index (χ3v) is 4.85. The van der Waals surface area contributed by atoms with Crippen LogP contribution >= 0.6 is 11.3 Å². The number of amides is 1. The molecule has 5 nitrogen and oxygen atoms in total. The van der Waals surface area contributed by atoms with E-state index < -0.39 is 5.60 Å². The Morgan fingerprint density at radius 3 is 2.67 bits per heavy atom. The van der Waals surface area contributed by atoms with E-state index in [1.807, 2.05) is 4.90 Å². The molecule has 3 N–H and O–H groups in total. The molecule has 0 spiro atoms. The normalized spacial score (nSPS) is 23.1. The lowest BCUT2D eigenvalue weighted by atomic mass is 9.89. The van der Waals surface area contributed by atoms with E-state index in [2.05, 4.69) is 4.98 Å². The maximum atomic E-state index is 12.2. The Bertz CT molecular complexity index is 462. The van der Waals surface area contributed by atoms with Crippen molar-refractivity contribution in [1.82, 2.24) is 9.88 Å². The van der Waals surface area contributed by atoms with Crippen LogP contribution in [0.15, 0.2) is 6.20 Å². The zero-order valence-corrected chi connectivity index (χ0v) is 10.9. The Balaban J connectivity index is 1.61. The fraction of sp³-hybridized carbons (Fsp3) is 0.667. The summed E-state index contributed by atoms with van der Waals surface area (Å²) < 4.78 is 0. The van der Waals surface area contributed by atoms with Gasteiger partial charge in [0.2, 0.25) is 0 Å². The van der Waals surface area contributed by atoms with Crippen LogP contribution < -0.4 is 5.73 Å². The molecule has 0 radical (unpaired) electrons. The van der Waals surface area contributed by atoms with Gasteiger partial charge < -0.3 is 15.7 Å². The van der Waals surface area contributed by atoms with Crippen LogP contribution in [0.4, 0.5) is 5.13 Å². The highest BCUT2D eigenvalue weighted by atomic mass is 32.1. The number of likely N-dealkylation sites (tertiary alicyclic amines) is 1. The number of carbonyl (C=O) groups excluding carboxylic acids is 1. The first-order valence-corrected chi connectivity index (χ1v) is 7.13. The highest BCUT2D eigenvalue weighted by Gasteiger charge is 2.48. The predicted octanol–water partition coefficient (Wildman–Crippen LogP) is 1.10. The smallest absolute Gasteiger partial charge is 0.265 e. The summed E-state index contributed by atoms with van der Waals surface area (Å²) in [6.45, 7) is 1.45. The number of aliphatic hydroxyl groups is 1. The minimum absolute atomic E-state index is 0.0189. The number of nitrogen functional groups attached to an aromatic ring is 1. The third-order valence-electron chi connectivity index (χ3n) is 4.04. The maximum Gasteiger partial charge on any atom is 0.265 e. The predicted molar refractivity (Wildman–Crippen MR) is 69.3 cm³/mol. The Hall–Kier alpha value is -1.14. The van der Waals surface area contributed by atoms with Crippen molar-refractivity contribution in [2.75, 3.05) is 18.8 Å². The van der Waals surface area contributed by atoms with Gasteiger partial charge in [-0.2, -0.15) is 0 Å². The van der Waals surface area contributed by atoms with Crippen molar-refractivity contribution in [3.8, 4) is 0 Å². The molecule has 1 amide bonds. The number of rotatable bonds is 2. The SMILES string of the molecule is Nc1ncc(C(=O)N2CCC(C3(O)CC3)CC2)s1. The van der Waals surface area contributed by atoms with E-state index in [4.69, 9.17) is 5.73 Å². The Kier molecular flexibility index (Phi) is 2.79. The van der Waals surface area contributed by atoms with Crippen LogP contribution in [0.3, 0.4) is 0 Å². The molecule has 1 aromatic rings. The quantitative estimate of drug-likeness (QED) is 0.841. The minimum atomic E-state index is -0.413. The fourth-order valence-electron chi connectivity index (χ4n) is 2.70. The minimum Gasteiger partial charge on any atom is -0.390 e. The second-order valence-electron chi connectivity index (χ2n) is 5.23. The molecular weight excluding hydrogens is 250 g/mol. The lowest BCUT2D eigenvalue weighted by molar-refractivity contribution is 0.0342. The van der Waals surface area contributed by atoms with Crippen molar-refractivity contribution in [3.63, 3.8) is 0 Å². The maximum absolute atomic E-state index is 12.2. The number of nitrogens with zero attached hydrogens (tertiary/aromatic N) is 2. The molecular formula is C12H17N3O2S. The van der Waals surface area contributed by atoms with Crippen LogP contribution in [0, 0.1) is 5.92 Å². The van der Waals surface area contributed by atoms with Crippen molar-refractivity contribution in [2.24, 2.45) is 5.92 Å². The summed E-state index contributed by atoms with van der Waals surface area (Å²) in [4.78, 5) is 18.5. The molecule has 1 aliphatic carbocycles. The third kappa shape index (κ3) is 2.10. The molecule has 18 heavy (non-hydrogen) atoms. The van der Waals surface area contributed by atoms with Crippen molar-refractivity contribution < 1.29 is 9.90 Å². The highest BCUT2D eigenvalue weighted by molar-refractivity contribution is 7.17. The molecule has 2 heterocycles. The van der Waals surface area contributed by atoms with E-state index in [-0.39, 0.29) is 5.91 Å². The van der Waals surface area contributed by atoms with Gasteiger partial charge in [-0.3, -0.25) is 4.79 Å².